The first-order chi connectivity index (χ1) is 54.9. The van der Waals surface area contributed by atoms with Crippen molar-refractivity contribution in [3.8, 4) is 44.5 Å². The van der Waals surface area contributed by atoms with Gasteiger partial charge in [0.15, 0.2) is 0 Å². The molecule has 8 atom stereocenters. The van der Waals surface area contributed by atoms with E-state index in [-0.39, 0.29) is 65.1 Å². The van der Waals surface area contributed by atoms with Gasteiger partial charge in [0.25, 0.3) is 17.7 Å². The number of carbonyl (C=O) groups excluding carboxylic acids is 3. The van der Waals surface area contributed by atoms with Crippen molar-refractivity contribution in [2.24, 2.45) is 52.7 Å². The number of fused-ring (bicyclic) bond motifs is 4. The SMILES string of the molecule is CO.CO.Cl.NC[C@@H]1CC[C@@H](CNC(=O)c2cc3ccc(-c4ccc(F)cc4)cc3[nH]2)C1.NC[C@@H]1CC[C@@H](CNC(=O)c2cc3ccc(-c4ccc(F)cc4)cc3[nH]2)C1.O=C(O)c1cc2ccc(-c3ccc(F)cc3)cc2[nH]1.[C-]#[N+][C@@H]1CC[C@@H](CN)C1.[C-]#[N+][C@@H]1CC[C@@H](CNC(=O)c2cc3ccc(-c4ccc(F)cc4)cc3[nH]2)C1. The fourth-order valence-corrected chi connectivity index (χ4v) is 15.2. The molecule has 12 aromatic rings. The Labute approximate surface area is 667 Å². The molecule has 0 radical (unpaired) electrons. The molecule has 0 spiro atoms. The van der Waals surface area contributed by atoms with Crippen LogP contribution in [-0.4, -0.2) is 125 Å². The first-order valence-electron chi connectivity index (χ1n) is 38.2. The van der Waals surface area contributed by atoms with E-state index in [4.69, 9.17) is 45.7 Å². The number of nitrogens with two attached hydrogens (primary N) is 3. The number of amides is 3. The first-order valence-corrected chi connectivity index (χ1v) is 38.2. The molecular formula is C90H99ClF4N12O7. The highest BCUT2D eigenvalue weighted by Crippen LogP contribution is 2.34. The summed E-state index contributed by atoms with van der Waals surface area (Å²) in [5.74, 6) is 0.978. The molecule has 3 amide bonds. The highest BCUT2D eigenvalue weighted by molar-refractivity contribution is 6.01. The van der Waals surface area contributed by atoms with Crippen LogP contribution in [0, 0.1) is 71.9 Å². The third-order valence-electron chi connectivity index (χ3n) is 21.5. The number of aromatic amines is 4. The number of rotatable bonds is 17. The van der Waals surface area contributed by atoms with E-state index >= 15 is 0 Å². The smallest absolute Gasteiger partial charge is 0.352 e. The van der Waals surface area contributed by atoms with Crippen LogP contribution in [0.1, 0.15) is 119 Å². The topological polar surface area (TPSA) is 315 Å². The Morgan fingerprint density at radius 3 is 0.833 bits per heavy atom. The molecule has 0 unspecified atom stereocenters. The summed E-state index contributed by atoms with van der Waals surface area (Å²) in [6.45, 7) is 18.1. The van der Waals surface area contributed by atoms with Crippen LogP contribution < -0.4 is 33.2 Å². The number of hydrogen-bond acceptors (Lipinski definition) is 9. The van der Waals surface area contributed by atoms with Crippen LogP contribution in [0.25, 0.3) is 97.8 Å². The fraction of sp³-hybridized carbons (Fsp3) is 0.311. The number of aromatic carboxylic acids is 1. The summed E-state index contributed by atoms with van der Waals surface area (Å²) in [6, 6.07) is 56.3. The average Bonchev–Trinajstić information content (AvgIpc) is 1.63. The summed E-state index contributed by atoms with van der Waals surface area (Å²) in [7, 11) is 2.00. The van der Waals surface area contributed by atoms with Gasteiger partial charge >= 0.3 is 5.97 Å². The molecule has 0 bridgehead atoms. The van der Waals surface area contributed by atoms with Crippen molar-refractivity contribution in [3.05, 3.63) is 263 Å². The van der Waals surface area contributed by atoms with Crippen molar-refractivity contribution in [3.63, 3.8) is 0 Å². The molecule has 114 heavy (non-hydrogen) atoms. The number of nitrogens with zero attached hydrogens (tertiary/aromatic N) is 2. The van der Waals surface area contributed by atoms with Gasteiger partial charge in [0.1, 0.15) is 46.0 Å². The second kappa shape index (κ2) is 42.5. The predicted molar refractivity (Wildman–Crippen MR) is 447 cm³/mol. The van der Waals surface area contributed by atoms with Crippen LogP contribution in [0.4, 0.5) is 17.6 Å². The highest BCUT2D eigenvalue weighted by Gasteiger charge is 2.30. The number of carbonyl (C=O) groups is 4. The van der Waals surface area contributed by atoms with E-state index < -0.39 is 5.97 Å². The van der Waals surface area contributed by atoms with Crippen molar-refractivity contribution in [2.75, 3.05) is 53.5 Å². The lowest BCUT2D eigenvalue weighted by molar-refractivity contribution is 0.0690. The number of hydrogen-bond donors (Lipinski definition) is 13. The summed E-state index contributed by atoms with van der Waals surface area (Å²) < 4.78 is 52.2. The molecule has 0 saturated heterocycles. The van der Waals surface area contributed by atoms with Crippen molar-refractivity contribution >= 4 is 79.7 Å². The lowest BCUT2D eigenvalue weighted by Crippen LogP contribution is -2.28. The second-order valence-corrected chi connectivity index (χ2v) is 29.1. The van der Waals surface area contributed by atoms with Crippen LogP contribution in [-0.2, 0) is 0 Å². The summed E-state index contributed by atoms with van der Waals surface area (Å²) >= 11 is 0. The molecule has 4 aliphatic carbocycles. The zero-order chi connectivity index (χ0) is 80.5. The number of carboxylic acids is 1. The van der Waals surface area contributed by atoms with E-state index in [1.54, 1.807) is 54.6 Å². The molecule has 0 aliphatic heterocycles. The average molecular weight is 1570 g/mol. The minimum Gasteiger partial charge on any atom is -0.477 e. The summed E-state index contributed by atoms with van der Waals surface area (Å²) in [6.07, 6.45) is 12.9. The fourth-order valence-electron chi connectivity index (χ4n) is 15.2. The molecule has 4 aliphatic rings. The van der Waals surface area contributed by atoms with Gasteiger partial charge in [-0.2, -0.15) is 0 Å². The number of benzene rings is 8. The summed E-state index contributed by atoms with van der Waals surface area (Å²) in [5, 5.41) is 35.8. The maximum atomic E-state index is 13.1. The Morgan fingerprint density at radius 2 is 0.579 bits per heavy atom. The maximum Gasteiger partial charge on any atom is 0.352 e. The van der Waals surface area contributed by atoms with Gasteiger partial charge in [0, 0.05) is 103 Å². The summed E-state index contributed by atoms with van der Waals surface area (Å²) in [4.78, 5) is 67.9. The molecule has 596 valence electrons. The summed E-state index contributed by atoms with van der Waals surface area (Å²) in [5.41, 5.74) is 29.7. The maximum absolute atomic E-state index is 13.1. The van der Waals surface area contributed by atoms with Crippen molar-refractivity contribution < 1.29 is 52.1 Å². The van der Waals surface area contributed by atoms with E-state index in [1.807, 2.05) is 91.0 Å². The van der Waals surface area contributed by atoms with Gasteiger partial charge in [-0.25, -0.2) is 35.5 Å². The molecule has 4 saturated carbocycles. The number of aliphatic hydroxyl groups excluding tert-OH is 2. The number of aliphatic hydroxyl groups is 2. The standard InChI is InChI=1S/C22H20FN3O.2C22H24FN3O.C15H10FNO2.C7H12N2.2CH4O.ClH/c1-24-19-9-2-14(10-19)13-25-22(27)21-12-17-4-3-16(11-20(17)26-21)15-5-7-18(23)8-6-15;2*23-19-7-5-16(6-8-19)17-3-4-18-11-21(26-20(18)10-17)22(27)25-13-15-2-1-14(9-15)12-24;16-12-5-3-9(4-6-12)10-1-2-11-8-14(15(18)19)17-13(11)7-10;1-9-7-3-2-6(4-7)5-8;2*1-2;/h3-8,11-12,14,19,26H,2,9-10,13H2,(H,25,27);2*3-8,10-11,14-15,26H,1-2,9,12-13,24H2,(H,25,27);1-8,17H,(H,18,19);6-7H,2-5,8H2;2*2H,1H3;1H/t14-,19-;2*14-,15-;;6-,7-;;;/m111.1.../s1. The normalized spacial score (nSPS) is 18.4. The number of nitrogens with one attached hydrogen (secondary N) is 7. The van der Waals surface area contributed by atoms with E-state index in [1.165, 1.54) is 55.0 Å². The van der Waals surface area contributed by atoms with Gasteiger partial charge in [-0.05, 0) is 248 Å². The largest absolute Gasteiger partial charge is 0.477 e. The monoisotopic (exact) mass is 1570 g/mol. The van der Waals surface area contributed by atoms with E-state index in [0.717, 1.165) is 193 Å². The van der Waals surface area contributed by atoms with Gasteiger partial charge in [-0.15, -0.1) is 12.4 Å². The second-order valence-electron chi connectivity index (χ2n) is 29.1. The van der Waals surface area contributed by atoms with Crippen molar-refractivity contribution in [2.45, 2.75) is 89.1 Å². The molecule has 4 heterocycles. The molecule has 24 heteroatoms. The van der Waals surface area contributed by atoms with Gasteiger partial charge in [0.2, 0.25) is 12.1 Å². The molecular weight excluding hydrogens is 1470 g/mol. The van der Waals surface area contributed by atoms with Crippen LogP contribution in [0.5, 0.6) is 0 Å². The molecule has 4 fully saturated rings. The Morgan fingerprint density at radius 1 is 0.351 bits per heavy atom. The first kappa shape index (κ1) is 86.6. The quantitative estimate of drug-likeness (QED) is 0.0302. The lowest BCUT2D eigenvalue weighted by atomic mass is 10.0. The van der Waals surface area contributed by atoms with Gasteiger partial charge in [-0.1, -0.05) is 97.1 Å². The molecule has 16 N–H and O–H groups in total. The van der Waals surface area contributed by atoms with Crippen molar-refractivity contribution in [1.29, 1.82) is 0 Å². The zero-order valence-corrected chi connectivity index (χ0v) is 64.7. The van der Waals surface area contributed by atoms with Crippen LogP contribution in [0.2, 0.25) is 0 Å². The van der Waals surface area contributed by atoms with Crippen LogP contribution in [0.15, 0.2) is 194 Å². The minimum atomic E-state index is -0.987. The number of carboxylic acid groups (broad SMARTS) is 1. The van der Waals surface area contributed by atoms with Crippen molar-refractivity contribution in [1.82, 2.24) is 35.9 Å². The van der Waals surface area contributed by atoms with E-state index in [2.05, 4.69) is 45.6 Å². The minimum absolute atomic E-state index is 0. The van der Waals surface area contributed by atoms with Gasteiger partial charge in [0.05, 0.1) is 0 Å². The molecule has 19 nitrogen and oxygen atoms in total. The van der Waals surface area contributed by atoms with Gasteiger partial charge < -0.3 is 78.1 Å². The van der Waals surface area contributed by atoms with E-state index in [9.17, 15) is 36.7 Å². The van der Waals surface area contributed by atoms with Gasteiger partial charge in [-0.3, -0.25) is 14.4 Å². The zero-order valence-electron chi connectivity index (χ0n) is 63.8. The third kappa shape index (κ3) is 23.6. The Bertz CT molecular complexity index is 5070. The van der Waals surface area contributed by atoms with E-state index in [0.29, 0.717) is 78.3 Å². The number of H-pyrrole nitrogens is 4. The van der Waals surface area contributed by atoms with Crippen LogP contribution in [0.3, 0.4) is 0 Å². The Balaban J connectivity index is 0.000000166. The molecule has 4 aromatic heterocycles. The third-order valence-corrected chi connectivity index (χ3v) is 21.5. The molecule has 16 rings (SSSR count). The highest BCUT2D eigenvalue weighted by atomic mass is 35.5. The predicted octanol–water partition coefficient (Wildman–Crippen LogP) is 17.3. The number of aromatic nitrogens is 4. The Kier molecular flexibility index (Phi) is 32.2. The number of halogens is 5. The van der Waals surface area contributed by atoms with Crippen LogP contribution >= 0.6 is 12.4 Å². The molecule has 8 aromatic carbocycles. The lowest BCUT2D eigenvalue weighted by Gasteiger charge is -2.11. The Hall–Kier alpha value is -11.4.